The van der Waals surface area contributed by atoms with Crippen molar-refractivity contribution in [2.45, 2.75) is 26.3 Å². The van der Waals surface area contributed by atoms with Crippen molar-refractivity contribution in [3.63, 3.8) is 0 Å². The van der Waals surface area contributed by atoms with Crippen LogP contribution in [0.15, 0.2) is 29.2 Å². The van der Waals surface area contributed by atoms with E-state index in [1.807, 2.05) is 13.8 Å². The van der Waals surface area contributed by atoms with E-state index in [-0.39, 0.29) is 41.2 Å². The van der Waals surface area contributed by atoms with Gasteiger partial charge in [0, 0.05) is 24.1 Å². The summed E-state index contributed by atoms with van der Waals surface area (Å²) in [6, 6.07) is 2.89. The summed E-state index contributed by atoms with van der Waals surface area (Å²) in [5.41, 5.74) is -1.06. The molecule has 0 aliphatic rings. The first-order valence-electron chi connectivity index (χ1n) is 9.93. The smallest absolute Gasteiger partial charge is 0.341 e. The topological polar surface area (TPSA) is 88.8 Å². The normalized spacial score (nSPS) is 12.4. The van der Waals surface area contributed by atoms with Gasteiger partial charge in [0.1, 0.15) is 22.2 Å². The number of halogens is 4. The van der Waals surface area contributed by atoms with Gasteiger partial charge in [-0.1, -0.05) is 25.4 Å². The van der Waals surface area contributed by atoms with Gasteiger partial charge in [0.15, 0.2) is 11.6 Å². The maximum Gasteiger partial charge on any atom is 0.341 e. The fraction of sp³-hybridized carbons (Fsp3) is 0.304. The van der Waals surface area contributed by atoms with E-state index in [1.165, 1.54) is 30.0 Å². The summed E-state index contributed by atoms with van der Waals surface area (Å²) in [4.78, 5) is 24.6. The van der Waals surface area contributed by atoms with E-state index in [1.54, 1.807) is 0 Å². The van der Waals surface area contributed by atoms with Gasteiger partial charge in [0.25, 0.3) is 0 Å². The van der Waals surface area contributed by atoms with Gasteiger partial charge in [-0.2, -0.15) is 0 Å². The van der Waals surface area contributed by atoms with Crippen LogP contribution < -0.4 is 10.2 Å². The lowest BCUT2D eigenvalue weighted by Crippen LogP contribution is -2.25. The molecule has 3 rings (SSSR count). The van der Waals surface area contributed by atoms with Crippen molar-refractivity contribution in [2.75, 3.05) is 13.7 Å². The average molecular weight is 484 g/mol. The van der Waals surface area contributed by atoms with Crippen LogP contribution in [0.2, 0.25) is 5.02 Å². The van der Waals surface area contributed by atoms with Crippen molar-refractivity contribution in [1.29, 1.82) is 0 Å². The third kappa shape index (κ3) is 4.43. The summed E-state index contributed by atoms with van der Waals surface area (Å²) in [5, 5.41) is 18.4. The van der Waals surface area contributed by atoms with Crippen LogP contribution in [0.1, 0.15) is 41.4 Å². The Morgan fingerprint density at radius 2 is 1.82 bits per heavy atom. The van der Waals surface area contributed by atoms with Crippen LogP contribution in [0.25, 0.3) is 10.9 Å². The Bertz CT molecular complexity index is 1310. The number of carboxylic acids is 1. The van der Waals surface area contributed by atoms with Crippen LogP contribution in [0.5, 0.6) is 5.75 Å². The molecule has 2 N–H and O–H groups in total. The summed E-state index contributed by atoms with van der Waals surface area (Å²) in [6.45, 7) is 3.33. The number of aromatic nitrogens is 1. The van der Waals surface area contributed by atoms with Gasteiger partial charge in [0.05, 0.1) is 25.3 Å². The Hall–Kier alpha value is -3.04. The highest BCUT2D eigenvalue weighted by Crippen LogP contribution is 2.32. The number of aliphatic hydroxyl groups is 1. The Kier molecular flexibility index (Phi) is 7.04. The van der Waals surface area contributed by atoms with E-state index in [9.17, 15) is 33.0 Å². The number of aliphatic hydroxyl groups excluding tert-OH is 1. The molecule has 33 heavy (non-hydrogen) atoms. The highest BCUT2D eigenvalue weighted by Gasteiger charge is 2.24. The van der Waals surface area contributed by atoms with Crippen molar-refractivity contribution in [2.24, 2.45) is 5.92 Å². The van der Waals surface area contributed by atoms with E-state index in [2.05, 4.69) is 0 Å². The summed E-state index contributed by atoms with van der Waals surface area (Å²) in [7, 11) is 1.33. The molecule has 2 aromatic carbocycles. The van der Waals surface area contributed by atoms with Gasteiger partial charge in [-0.25, -0.2) is 18.0 Å². The number of ether oxygens (including phenoxy) is 1. The fourth-order valence-corrected chi connectivity index (χ4v) is 3.96. The summed E-state index contributed by atoms with van der Waals surface area (Å²) in [6.07, 6.45) is 0.855. The van der Waals surface area contributed by atoms with Crippen molar-refractivity contribution >= 4 is 28.5 Å². The first-order chi connectivity index (χ1) is 15.5. The molecule has 176 valence electrons. The predicted octanol–water partition coefficient (Wildman–Crippen LogP) is 4.56. The largest absolute Gasteiger partial charge is 0.496 e. The number of hydrogen-bond acceptors (Lipinski definition) is 4. The SMILES string of the molecule is COc1cc2c(cc1Cc1cc(F)c(F)c(Cl)c1F)c(=O)c(C(=O)O)cn2[C@H](CO)C(C)C. The highest BCUT2D eigenvalue weighted by atomic mass is 35.5. The number of benzene rings is 2. The monoisotopic (exact) mass is 483 g/mol. The van der Waals surface area contributed by atoms with Gasteiger partial charge < -0.3 is 19.5 Å². The van der Waals surface area contributed by atoms with Gasteiger partial charge in [-0.3, -0.25) is 4.79 Å². The molecule has 1 aromatic heterocycles. The van der Waals surface area contributed by atoms with Crippen molar-refractivity contribution in [1.82, 2.24) is 4.57 Å². The van der Waals surface area contributed by atoms with Crippen LogP contribution in [0.3, 0.4) is 0 Å². The van der Waals surface area contributed by atoms with Gasteiger partial charge in [-0.05, 0) is 29.2 Å². The van der Waals surface area contributed by atoms with Crippen molar-refractivity contribution < 1.29 is 32.9 Å². The van der Waals surface area contributed by atoms with E-state index < -0.39 is 45.5 Å². The molecule has 0 spiro atoms. The molecule has 6 nitrogen and oxygen atoms in total. The van der Waals surface area contributed by atoms with Crippen LogP contribution in [0.4, 0.5) is 13.2 Å². The highest BCUT2D eigenvalue weighted by molar-refractivity contribution is 6.31. The quantitative estimate of drug-likeness (QED) is 0.380. The minimum absolute atomic E-state index is 0.0149. The molecule has 1 heterocycles. The number of pyridine rings is 1. The second-order valence-corrected chi connectivity index (χ2v) is 8.27. The van der Waals surface area contributed by atoms with Crippen LogP contribution in [0, 0.1) is 23.4 Å². The molecule has 0 aliphatic heterocycles. The second kappa shape index (κ2) is 9.44. The van der Waals surface area contributed by atoms with Gasteiger partial charge >= 0.3 is 5.97 Å². The van der Waals surface area contributed by atoms with E-state index in [0.717, 1.165) is 0 Å². The molecular weight excluding hydrogens is 463 g/mol. The number of methoxy groups -OCH3 is 1. The molecule has 0 saturated carbocycles. The maximum absolute atomic E-state index is 14.5. The Morgan fingerprint density at radius 1 is 1.15 bits per heavy atom. The lowest BCUT2D eigenvalue weighted by Gasteiger charge is -2.25. The molecule has 1 atom stereocenters. The molecule has 10 heteroatoms. The first-order valence-corrected chi connectivity index (χ1v) is 10.3. The Morgan fingerprint density at radius 3 is 2.36 bits per heavy atom. The number of nitrogens with zero attached hydrogens (tertiary/aromatic N) is 1. The average Bonchev–Trinajstić information content (AvgIpc) is 2.77. The first kappa shape index (κ1) is 24.6. The van der Waals surface area contributed by atoms with Crippen molar-refractivity contribution in [3.8, 4) is 5.75 Å². The zero-order valence-corrected chi connectivity index (χ0v) is 18.7. The lowest BCUT2D eigenvalue weighted by atomic mass is 9.98. The zero-order chi connectivity index (χ0) is 24.6. The number of aromatic carboxylic acids is 1. The fourth-order valence-electron chi connectivity index (χ4n) is 3.75. The minimum Gasteiger partial charge on any atom is -0.496 e. The number of fused-ring (bicyclic) bond motifs is 1. The Balaban J connectivity index is 2.33. The number of rotatable bonds is 7. The molecular formula is C23H21ClF3NO5. The summed E-state index contributed by atoms with van der Waals surface area (Å²) < 4.78 is 48.7. The maximum atomic E-state index is 14.5. The molecule has 0 radical (unpaired) electrons. The van der Waals surface area contributed by atoms with E-state index >= 15 is 0 Å². The second-order valence-electron chi connectivity index (χ2n) is 7.90. The van der Waals surface area contributed by atoms with Crippen LogP contribution in [-0.4, -0.2) is 34.5 Å². The van der Waals surface area contributed by atoms with Crippen LogP contribution >= 0.6 is 11.6 Å². The number of carboxylic acid groups (broad SMARTS) is 1. The molecule has 0 saturated heterocycles. The van der Waals surface area contributed by atoms with Crippen molar-refractivity contribution in [3.05, 3.63) is 73.8 Å². The molecule has 0 bridgehead atoms. The lowest BCUT2D eigenvalue weighted by molar-refractivity contribution is 0.0694. The summed E-state index contributed by atoms with van der Waals surface area (Å²) in [5.74, 6) is -5.39. The molecule has 3 aromatic rings. The summed E-state index contributed by atoms with van der Waals surface area (Å²) >= 11 is 5.54. The minimum atomic E-state index is -1.51. The predicted molar refractivity (Wildman–Crippen MR) is 117 cm³/mol. The molecule has 0 amide bonds. The standard InChI is InChI=1S/C23H21ClF3NO5/c1-10(2)17(9-29)28-8-14(23(31)32)22(30)13-5-11(18(33-3)7-16(13)28)4-12-6-15(25)21(27)19(24)20(12)26/h5-8,10,17,29H,4,9H2,1-3H3,(H,31,32)/t17-/m1/s1. The van der Waals surface area contributed by atoms with Crippen LogP contribution in [-0.2, 0) is 6.42 Å². The van der Waals surface area contributed by atoms with E-state index in [0.29, 0.717) is 11.6 Å². The zero-order valence-electron chi connectivity index (χ0n) is 18.0. The number of hydrogen-bond donors (Lipinski definition) is 2. The third-order valence-electron chi connectivity index (χ3n) is 5.54. The number of carbonyl (C=O) groups is 1. The third-order valence-corrected chi connectivity index (χ3v) is 5.87. The Labute approximate surface area is 191 Å². The van der Waals surface area contributed by atoms with Gasteiger partial charge in [-0.15, -0.1) is 0 Å². The van der Waals surface area contributed by atoms with Gasteiger partial charge in [0.2, 0.25) is 5.43 Å². The molecule has 0 aliphatic carbocycles. The molecule has 0 fully saturated rings. The molecule has 0 unspecified atom stereocenters. The van der Waals surface area contributed by atoms with E-state index in [4.69, 9.17) is 16.3 Å².